The Kier molecular flexibility index (Phi) is 6.52. The molecule has 2 aromatic rings. The molecule has 0 aliphatic rings. The van der Waals surface area contributed by atoms with E-state index in [0.717, 1.165) is 0 Å². The van der Waals surface area contributed by atoms with Gasteiger partial charge in [0.1, 0.15) is 5.75 Å². The highest BCUT2D eigenvalue weighted by atomic mass is 35.5. The van der Waals surface area contributed by atoms with E-state index in [1.807, 2.05) is 0 Å². The van der Waals surface area contributed by atoms with Crippen molar-refractivity contribution >= 4 is 33.2 Å². The molecule has 10 heteroatoms. The van der Waals surface area contributed by atoms with Crippen LogP contribution in [0.25, 0.3) is 0 Å². The second-order valence-electron chi connectivity index (χ2n) is 5.19. The average Bonchev–Trinajstić information content (AvgIpc) is 2.54. The second kappa shape index (κ2) is 8.43. The predicted octanol–water partition coefficient (Wildman–Crippen LogP) is 3.25. The molecule has 0 spiro atoms. The summed E-state index contributed by atoms with van der Waals surface area (Å²) >= 11 is 5.72. The Bertz CT molecular complexity index is 876. The fourth-order valence-electron chi connectivity index (χ4n) is 1.97. The minimum absolute atomic E-state index is 0.0473. The maximum absolute atomic E-state index is 12.2. The zero-order valence-corrected chi connectivity index (χ0v) is 15.0. The van der Waals surface area contributed by atoms with Crippen LogP contribution in [-0.4, -0.2) is 27.0 Å². The summed E-state index contributed by atoms with van der Waals surface area (Å²) in [5.41, 5.74) is 0.186. The molecule has 140 valence electrons. The van der Waals surface area contributed by atoms with Crippen LogP contribution in [0.5, 0.6) is 5.75 Å². The molecule has 0 bridgehead atoms. The Balaban J connectivity index is 2.04. The van der Waals surface area contributed by atoms with Crippen LogP contribution in [0.3, 0.4) is 0 Å². The van der Waals surface area contributed by atoms with Gasteiger partial charge >= 0.3 is 6.61 Å². The van der Waals surface area contributed by atoms with Crippen LogP contribution in [0.15, 0.2) is 53.4 Å². The number of benzene rings is 2. The van der Waals surface area contributed by atoms with Gasteiger partial charge in [-0.2, -0.15) is 13.5 Å². The Labute approximate surface area is 154 Å². The number of hydrogen-bond acceptors (Lipinski definition) is 4. The van der Waals surface area contributed by atoms with E-state index in [2.05, 4.69) is 14.8 Å². The standard InChI is InChI=1S/C16H15ClF2N2O4S/c1-10(21-26(23,24)14-7-5-11(17)6-8-14)15(22)20-12-3-2-4-13(9-12)25-16(18)19/h2-10,16,21H,1H3,(H,20,22)/t10-/m0/s1. The third-order valence-corrected chi connectivity index (χ3v) is 4.98. The van der Waals surface area contributed by atoms with E-state index in [4.69, 9.17) is 11.6 Å². The number of nitrogens with one attached hydrogen (secondary N) is 2. The van der Waals surface area contributed by atoms with Crippen molar-refractivity contribution in [3.8, 4) is 5.75 Å². The molecule has 1 amide bonds. The van der Waals surface area contributed by atoms with Crippen LogP contribution >= 0.6 is 11.6 Å². The van der Waals surface area contributed by atoms with Crippen LogP contribution < -0.4 is 14.8 Å². The number of sulfonamides is 1. The van der Waals surface area contributed by atoms with E-state index in [1.165, 1.54) is 55.5 Å². The van der Waals surface area contributed by atoms with Crippen molar-refractivity contribution in [1.29, 1.82) is 0 Å². The summed E-state index contributed by atoms with van der Waals surface area (Å²) in [6.07, 6.45) is 0. The quantitative estimate of drug-likeness (QED) is 0.742. The molecule has 0 unspecified atom stereocenters. The molecule has 0 aliphatic heterocycles. The first-order chi connectivity index (χ1) is 12.2. The highest BCUT2D eigenvalue weighted by Gasteiger charge is 2.22. The first kappa shape index (κ1) is 20.1. The van der Waals surface area contributed by atoms with Crippen molar-refractivity contribution < 1.29 is 26.7 Å². The number of carbonyl (C=O) groups excluding carboxylic acids is 1. The smallest absolute Gasteiger partial charge is 0.387 e. The summed E-state index contributed by atoms with van der Waals surface area (Å²) in [6.45, 7) is -1.64. The van der Waals surface area contributed by atoms with Gasteiger partial charge in [-0.15, -0.1) is 0 Å². The minimum Gasteiger partial charge on any atom is -0.435 e. The molecule has 0 heterocycles. The zero-order chi connectivity index (χ0) is 19.3. The van der Waals surface area contributed by atoms with Gasteiger partial charge < -0.3 is 10.1 Å². The van der Waals surface area contributed by atoms with Crippen LogP contribution in [0.4, 0.5) is 14.5 Å². The Morgan fingerprint density at radius 1 is 1.15 bits per heavy atom. The SMILES string of the molecule is C[C@H](NS(=O)(=O)c1ccc(Cl)cc1)C(=O)Nc1cccc(OC(F)F)c1. The molecule has 0 saturated heterocycles. The van der Waals surface area contributed by atoms with E-state index < -0.39 is 28.6 Å². The zero-order valence-electron chi connectivity index (χ0n) is 13.4. The van der Waals surface area contributed by atoms with Crippen molar-refractivity contribution in [2.24, 2.45) is 0 Å². The molecule has 0 radical (unpaired) electrons. The van der Waals surface area contributed by atoms with Crippen LogP contribution in [0, 0.1) is 0 Å². The average molecular weight is 405 g/mol. The summed E-state index contributed by atoms with van der Waals surface area (Å²) < 4.78 is 55.4. The maximum atomic E-state index is 12.2. The van der Waals surface area contributed by atoms with Crippen molar-refractivity contribution in [3.63, 3.8) is 0 Å². The third-order valence-electron chi connectivity index (χ3n) is 3.18. The van der Waals surface area contributed by atoms with Gasteiger partial charge in [0.15, 0.2) is 0 Å². The number of hydrogen-bond donors (Lipinski definition) is 2. The van der Waals surface area contributed by atoms with Crippen LogP contribution in [0.2, 0.25) is 5.02 Å². The first-order valence-electron chi connectivity index (χ1n) is 7.31. The maximum Gasteiger partial charge on any atom is 0.387 e. The second-order valence-corrected chi connectivity index (χ2v) is 7.34. The van der Waals surface area contributed by atoms with Gasteiger partial charge in [-0.25, -0.2) is 8.42 Å². The lowest BCUT2D eigenvalue weighted by Gasteiger charge is -2.15. The number of amides is 1. The molecular formula is C16H15ClF2N2O4S. The predicted molar refractivity (Wildman–Crippen MR) is 92.9 cm³/mol. The van der Waals surface area contributed by atoms with Gasteiger partial charge in [-0.05, 0) is 43.3 Å². The van der Waals surface area contributed by atoms with E-state index in [9.17, 15) is 22.0 Å². The van der Waals surface area contributed by atoms with Gasteiger partial charge in [0.2, 0.25) is 15.9 Å². The largest absolute Gasteiger partial charge is 0.435 e. The summed E-state index contributed by atoms with van der Waals surface area (Å²) in [5, 5.41) is 2.80. The van der Waals surface area contributed by atoms with Crippen molar-refractivity contribution in [3.05, 3.63) is 53.6 Å². The Morgan fingerprint density at radius 3 is 2.42 bits per heavy atom. The monoisotopic (exact) mass is 404 g/mol. The van der Waals surface area contributed by atoms with Gasteiger partial charge in [0.25, 0.3) is 0 Å². The van der Waals surface area contributed by atoms with E-state index in [1.54, 1.807) is 0 Å². The number of halogens is 3. The minimum atomic E-state index is -3.93. The number of anilines is 1. The van der Waals surface area contributed by atoms with Gasteiger partial charge in [0, 0.05) is 16.8 Å². The summed E-state index contributed by atoms with van der Waals surface area (Å²) in [7, 11) is -3.93. The van der Waals surface area contributed by atoms with Gasteiger partial charge in [-0.1, -0.05) is 17.7 Å². The lowest BCUT2D eigenvalue weighted by Crippen LogP contribution is -2.41. The first-order valence-corrected chi connectivity index (χ1v) is 9.17. The van der Waals surface area contributed by atoms with Gasteiger partial charge in [0.05, 0.1) is 10.9 Å². The van der Waals surface area contributed by atoms with Crippen LogP contribution in [-0.2, 0) is 14.8 Å². The highest BCUT2D eigenvalue weighted by molar-refractivity contribution is 7.89. The van der Waals surface area contributed by atoms with E-state index >= 15 is 0 Å². The van der Waals surface area contributed by atoms with Crippen molar-refractivity contribution in [2.75, 3.05) is 5.32 Å². The Hall–Kier alpha value is -2.23. The molecule has 1 atom stereocenters. The van der Waals surface area contributed by atoms with Crippen molar-refractivity contribution in [1.82, 2.24) is 4.72 Å². The number of rotatable bonds is 7. The third kappa shape index (κ3) is 5.65. The van der Waals surface area contributed by atoms with Crippen molar-refractivity contribution in [2.45, 2.75) is 24.5 Å². The van der Waals surface area contributed by atoms with Crippen LogP contribution in [0.1, 0.15) is 6.92 Å². The topological polar surface area (TPSA) is 84.5 Å². The summed E-state index contributed by atoms with van der Waals surface area (Å²) in [4.78, 5) is 12.1. The fraction of sp³-hybridized carbons (Fsp3) is 0.188. The number of ether oxygens (including phenoxy) is 1. The lowest BCUT2D eigenvalue weighted by atomic mass is 10.2. The Morgan fingerprint density at radius 2 is 1.81 bits per heavy atom. The molecule has 0 aromatic heterocycles. The lowest BCUT2D eigenvalue weighted by molar-refractivity contribution is -0.117. The van der Waals surface area contributed by atoms with Gasteiger partial charge in [-0.3, -0.25) is 4.79 Å². The summed E-state index contributed by atoms with van der Waals surface area (Å²) in [6, 6.07) is 9.69. The molecule has 6 nitrogen and oxygen atoms in total. The van der Waals surface area contributed by atoms with E-state index in [-0.39, 0.29) is 16.3 Å². The molecular weight excluding hydrogens is 390 g/mol. The molecule has 0 fully saturated rings. The molecule has 0 saturated carbocycles. The molecule has 2 aromatic carbocycles. The molecule has 26 heavy (non-hydrogen) atoms. The number of alkyl halides is 2. The highest BCUT2D eigenvalue weighted by Crippen LogP contribution is 2.20. The molecule has 2 N–H and O–H groups in total. The van der Waals surface area contributed by atoms with E-state index in [0.29, 0.717) is 5.02 Å². The molecule has 0 aliphatic carbocycles. The molecule has 2 rings (SSSR count). The number of carbonyl (C=O) groups is 1. The fourth-order valence-corrected chi connectivity index (χ4v) is 3.30. The summed E-state index contributed by atoms with van der Waals surface area (Å²) in [5.74, 6) is -0.802. The normalized spacial score (nSPS) is 12.7.